The first-order valence-corrected chi connectivity index (χ1v) is 10.4. The zero-order valence-electron chi connectivity index (χ0n) is 16.2. The second-order valence-electron chi connectivity index (χ2n) is 6.62. The van der Waals surface area contributed by atoms with Crippen LogP contribution in [0.2, 0.25) is 0 Å². The second kappa shape index (κ2) is 10.1. The van der Waals surface area contributed by atoms with Crippen molar-refractivity contribution in [1.29, 1.82) is 0 Å². The van der Waals surface area contributed by atoms with E-state index >= 15 is 0 Å². The predicted octanol–water partition coefficient (Wildman–Crippen LogP) is 5.15. The number of ether oxygens (including phenoxy) is 1. The van der Waals surface area contributed by atoms with Gasteiger partial charge >= 0.3 is 0 Å². The summed E-state index contributed by atoms with van der Waals surface area (Å²) >= 11 is 3.55. The fourth-order valence-electron chi connectivity index (χ4n) is 2.85. The maximum absolute atomic E-state index is 12.2. The summed E-state index contributed by atoms with van der Waals surface area (Å²) < 4.78 is 6.49. The van der Waals surface area contributed by atoms with Crippen LogP contribution in [0, 0.1) is 0 Å². The van der Waals surface area contributed by atoms with E-state index < -0.39 is 0 Å². The van der Waals surface area contributed by atoms with E-state index in [0.717, 1.165) is 28.1 Å². The fraction of sp³-hybridized carbons (Fsp3) is 0.217. The van der Waals surface area contributed by atoms with E-state index in [1.54, 1.807) is 24.3 Å². The summed E-state index contributed by atoms with van der Waals surface area (Å²) in [5, 5.41) is 7.76. The Morgan fingerprint density at radius 1 is 1.00 bits per heavy atom. The molecule has 3 rings (SSSR count). The Kier molecular flexibility index (Phi) is 7.25. The molecule has 0 fully saturated rings. The van der Waals surface area contributed by atoms with Crippen molar-refractivity contribution in [2.75, 3.05) is 18.5 Å². The maximum Gasteiger partial charge on any atom is 0.262 e. The monoisotopic (exact) mass is 454 g/mol. The van der Waals surface area contributed by atoms with E-state index in [1.807, 2.05) is 36.4 Å². The molecule has 0 unspecified atom stereocenters. The lowest BCUT2D eigenvalue weighted by molar-refractivity contribution is -0.118. The van der Waals surface area contributed by atoms with Gasteiger partial charge in [0.25, 0.3) is 11.8 Å². The Morgan fingerprint density at radius 2 is 1.76 bits per heavy atom. The Balaban J connectivity index is 1.54. The lowest BCUT2D eigenvalue weighted by Crippen LogP contribution is -2.24. The van der Waals surface area contributed by atoms with Gasteiger partial charge in [-0.15, -0.1) is 0 Å². The lowest BCUT2D eigenvalue weighted by atomic mass is 10.1. The average molecular weight is 455 g/mol. The molecule has 5 nitrogen and oxygen atoms in total. The number of amides is 2. The standard InChI is InChI=1S/C23H23BrN2O3/c1-2-3-14-25-23(28)17-8-11-18(12-9-17)26-21(27)15-29-20-13-10-16-6-4-5-7-19(16)22(20)24/h4-13H,2-3,14-15H2,1H3,(H,25,28)(H,26,27). The van der Waals surface area contributed by atoms with Crippen LogP contribution in [0.5, 0.6) is 5.75 Å². The Morgan fingerprint density at radius 3 is 2.52 bits per heavy atom. The van der Waals surface area contributed by atoms with Crippen molar-refractivity contribution in [3.05, 3.63) is 70.7 Å². The van der Waals surface area contributed by atoms with Gasteiger partial charge in [0.05, 0.1) is 4.47 Å². The number of rotatable bonds is 8. The van der Waals surface area contributed by atoms with Gasteiger partial charge in [-0.3, -0.25) is 9.59 Å². The van der Waals surface area contributed by atoms with Gasteiger partial charge in [0.2, 0.25) is 0 Å². The molecule has 0 radical (unpaired) electrons. The molecule has 0 aliphatic heterocycles. The van der Waals surface area contributed by atoms with Gasteiger partial charge < -0.3 is 15.4 Å². The maximum atomic E-state index is 12.2. The largest absolute Gasteiger partial charge is 0.483 e. The van der Waals surface area contributed by atoms with Gasteiger partial charge in [-0.25, -0.2) is 0 Å². The predicted molar refractivity (Wildman–Crippen MR) is 119 cm³/mol. The molecule has 150 valence electrons. The molecular formula is C23H23BrN2O3. The molecule has 2 N–H and O–H groups in total. The third-order valence-corrected chi connectivity index (χ3v) is 5.25. The van der Waals surface area contributed by atoms with Crippen molar-refractivity contribution >= 4 is 44.2 Å². The van der Waals surface area contributed by atoms with E-state index in [-0.39, 0.29) is 18.4 Å². The van der Waals surface area contributed by atoms with Crippen LogP contribution in [0.1, 0.15) is 30.1 Å². The molecule has 0 saturated carbocycles. The zero-order chi connectivity index (χ0) is 20.6. The zero-order valence-corrected chi connectivity index (χ0v) is 17.8. The van der Waals surface area contributed by atoms with Crippen LogP contribution in [-0.2, 0) is 4.79 Å². The van der Waals surface area contributed by atoms with Gasteiger partial charge in [-0.1, -0.05) is 43.7 Å². The van der Waals surface area contributed by atoms with Gasteiger partial charge in [0, 0.05) is 17.8 Å². The van der Waals surface area contributed by atoms with Crippen molar-refractivity contribution in [3.63, 3.8) is 0 Å². The third kappa shape index (κ3) is 5.57. The molecule has 6 heteroatoms. The van der Waals surface area contributed by atoms with Gasteiger partial charge in [-0.2, -0.15) is 0 Å². The summed E-state index contributed by atoms with van der Waals surface area (Å²) in [5.74, 6) is 0.226. The van der Waals surface area contributed by atoms with Gasteiger partial charge in [0.1, 0.15) is 5.75 Å². The SMILES string of the molecule is CCCCNC(=O)c1ccc(NC(=O)COc2ccc3ccccc3c2Br)cc1. The number of hydrogen-bond acceptors (Lipinski definition) is 3. The highest BCUT2D eigenvalue weighted by molar-refractivity contribution is 9.10. The number of carbonyl (C=O) groups excluding carboxylic acids is 2. The van der Waals surface area contributed by atoms with Crippen molar-refractivity contribution in [3.8, 4) is 5.75 Å². The smallest absolute Gasteiger partial charge is 0.262 e. The van der Waals surface area contributed by atoms with E-state index in [4.69, 9.17) is 4.74 Å². The number of anilines is 1. The second-order valence-corrected chi connectivity index (χ2v) is 7.42. The molecule has 0 heterocycles. The van der Waals surface area contributed by atoms with Crippen LogP contribution < -0.4 is 15.4 Å². The summed E-state index contributed by atoms with van der Waals surface area (Å²) in [7, 11) is 0. The summed E-state index contributed by atoms with van der Waals surface area (Å²) in [5.41, 5.74) is 1.18. The Labute approximate surface area is 178 Å². The van der Waals surface area contributed by atoms with Crippen LogP contribution >= 0.6 is 15.9 Å². The highest BCUT2D eigenvalue weighted by Crippen LogP contribution is 2.33. The van der Waals surface area contributed by atoms with Crippen molar-refractivity contribution in [2.24, 2.45) is 0 Å². The molecule has 0 saturated heterocycles. The van der Waals surface area contributed by atoms with Gasteiger partial charge in [0.15, 0.2) is 6.61 Å². The molecule has 3 aromatic rings. The molecular weight excluding hydrogens is 432 g/mol. The number of fused-ring (bicyclic) bond motifs is 1. The van der Waals surface area contributed by atoms with E-state index in [2.05, 4.69) is 33.5 Å². The normalized spacial score (nSPS) is 10.6. The topological polar surface area (TPSA) is 67.4 Å². The quantitative estimate of drug-likeness (QED) is 0.462. The number of halogens is 1. The van der Waals surface area contributed by atoms with E-state index in [9.17, 15) is 9.59 Å². The van der Waals surface area contributed by atoms with Crippen LogP contribution in [0.15, 0.2) is 65.1 Å². The number of carbonyl (C=O) groups is 2. The van der Waals surface area contributed by atoms with Crippen LogP contribution in [0.25, 0.3) is 10.8 Å². The summed E-state index contributed by atoms with van der Waals surface area (Å²) in [6.07, 6.45) is 1.98. The highest BCUT2D eigenvalue weighted by atomic mass is 79.9. The Bertz CT molecular complexity index is 1000. The summed E-state index contributed by atoms with van der Waals surface area (Å²) in [4.78, 5) is 24.2. The van der Waals surface area contributed by atoms with Crippen LogP contribution in [0.4, 0.5) is 5.69 Å². The van der Waals surface area contributed by atoms with Crippen LogP contribution in [-0.4, -0.2) is 25.0 Å². The van der Waals surface area contributed by atoms with Crippen molar-refractivity contribution in [1.82, 2.24) is 5.32 Å². The molecule has 0 atom stereocenters. The molecule has 0 bridgehead atoms. The molecule has 2 amide bonds. The van der Waals surface area contributed by atoms with E-state index in [0.29, 0.717) is 23.5 Å². The first kappa shape index (κ1) is 20.9. The minimum atomic E-state index is -0.273. The number of benzene rings is 3. The molecule has 0 aromatic heterocycles. The fourth-order valence-corrected chi connectivity index (χ4v) is 3.46. The minimum absolute atomic E-state index is 0.110. The highest BCUT2D eigenvalue weighted by Gasteiger charge is 2.10. The third-order valence-electron chi connectivity index (χ3n) is 4.43. The van der Waals surface area contributed by atoms with Crippen LogP contribution in [0.3, 0.4) is 0 Å². The first-order chi connectivity index (χ1) is 14.1. The molecule has 0 spiro atoms. The number of hydrogen-bond donors (Lipinski definition) is 2. The summed E-state index contributed by atoms with van der Waals surface area (Å²) in [6, 6.07) is 18.5. The molecule has 0 aliphatic carbocycles. The number of nitrogens with one attached hydrogen (secondary N) is 2. The number of unbranched alkanes of at least 4 members (excludes halogenated alkanes) is 1. The molecule has 0 aliphatic rings. The minimum Gasteiger partial charge on any atom is -0.483 e. The van der Waals surface area contributed by atoms with Crippen molar-refractivity contribution in [2.45, 2.75) is 19.8 Å². The molecule has 29 heavy (non-hydrogen) atoms. The average Bonchev–Trinajstić information content (AvgIpc) is 2.74. The van der Waals surface area contributed by atoms with E-state index in [1.165, 1.54) is 0 Å². The Hall–Kier alpha value is -2.86. The lowest BCUT2D eigenvalue weighted by Gasteiger charge is -2.11. The van der Waals surface area contributed by atoms with Crippen molar-refractivity contribution < 1.29 is 14.3 Å². The summed E-state index contributed by atoms with van der Waals surface area (Å²) in [6.45, 7) is 2.62. The first-order valence-electron chi connectivity index (χ1n) is 9.56. The van der Waals surface area contributed by atoms with Gasteiger partial charge in [-0.05, 0) is 63.5 Å². The molecule has 3 aromatic carbocycles.